The molecule has 3 heterocycles. The quantitative estimate of drug-likeness (QED) is 0.252. The zero-order valence-electron chi connectivity index (χ0n) is 18.7. The van der Waals surface area contributed by atoms with Gasteiger partial charge in [0.15, 0.2) is 23.2 Å². The van der Waals surface area contributed by atoms with Crippen LogP contribution in [-0.2, 0) is 14.3 Å². The van der Waals surface area contributed by atoms with Gasteiger partial charge in [-0.15, -0.1) is 0 Å². The number of aliphatic hydroxyl groups excluding tert-OH is 3. The summed E-state index contributed by atoms with van der Waals surface area (Å²) in [6.07, 6.45) is 2.58. The predicted molar refractivity (Wildman–Crippen MR) is 118 cm³/mol. The van der Waals surface area contributed by atoms with Gasteiger partial charge in [0.05, 0.1) is 12.9 Å². The van der Waals surface area contributed by atoms with Crippen molar-refractivity contribution in [2.24, 2.45) is 0 Å². The average molecular weight is 465 g/mol. The minimum Gasteiger partial charge on any atom is -0.394 e. The largest absolute Gasteiger partial charge is 0.394 e. The lowest BCUT2D eigenvalue weighted by atomic mass is 10.1. The Kier molecular flexibility index (Phi) is 9.06. The van der Waals surface area contributed by atoms with E-state index in [2.05, 4.69) is 25.6 Å². The second-order valence-corrected chi connectivity index (χ2v) is 8.17. The number of ether oxygens (including phenoxy) is 1. The number of fused-ring (bicyclic) bond motifs is 1. The average Bonchev–Trinajstić information content (AvgIpc) is 3.35. The van der Waals surface area contributed by atoms with Crippen LogP contribution >= 0.6 is 0 Å². The molecule has 1 amide bonds. The Morgan fingerprint density at radius 3 is 2.55 bits per heavy atom. The molecule has 0 spiro atoms. The molecule has 5 N–H and O–H groups in total. The van der Waals surface area contributed by atoms with E-state index in [9.17, 15) is 24.9 Å². The fourth-order valence-electron chi connectivity index (χ4n) is 3.71. The molecule has 1 fully saturated rings. The maximum atomic E-state index is 11.8. The molecule has 1 aliphatic heterocycles. The summed E-state index contributed by atoms with van der Waals surface area (Å²) in [7, 11) is 0. The molecule has 1 aliphatic rings. The van der Waals surface area contributed by atoms with Gasteiger partial charge in [-0.05, 0) is 32.6 Å². The molecule has 0 saturated carbocycles. The maximum absolute atomic E-state index is 11.8. The number of Topliss-reactive ketones (excluding diaryl/α,β-unsaturated/α-hetero) is 1. The monoisotopic (exact) mass is 464 g/mol. The topological polar surface area (TPSA) is 172 Å². The molecule has 0 unspecified atom stereocenters. The van der Waals surface area contributed by atoms with Crippen LogP contribution in [0.1, 0.15) is 51.7 Å². The lowest BCUT2D eigenvalue weighted by Crippen LogP contribution is -2.33. The van der Waals surface area contributed by atoms with Gasteiger partial charge >= 0.3 is 0 Å². The summed E-state index contributed by atoms with van der Waals surface area (Å²) in [5.74, 6) is 0.675. The molecular weight excluding hydrogens is 432 g/mol. The second-order valence-electron chi connectivity index (χ2n) is 8.17. The van der Waals surface area contributed by atoms with Gasteiger partial charge in [0.1, 0.15) is 30.4 Å². The number of ketones is 1. The van der Waals surface area contributed by atoms with Crippen molar-refractivity contribution in [1.82, 2.24) is 24.8 Å². The molecular formula is C21H32N6O6. The van der Waals surface area contributed by atoms with Gasteiger partial charge in [-0.1, -0.05) is 0 Å². The first-order valence-corrected chi connectivity index (χ1v) is 11.2. The highest BCUT2D eigenvalue weighted by molar-refractivity contribution is 5.82. The molecule has 33 heavy (non-hydrogen) atoms. The Hall–Kier alpha value is -2.67. The second kappa shape index (κ2) is 12.0. The number of carbonyl (C=O) groups excluding carboxylic acids is 2. The number of hydrogen-bond donors (Lipinski definition) is 5. The smallest absolute Gasteiger partial charge is 0.219 e. The molecule has 0 aliphatic carbocycles. The van der Waals surface area contributed by atoms with Gasteiger partial charge in [0.25, 0.3) is 0 Å². The maximum Gasteiger partial charge on any atom is 0.219 e. The van der Waals surface area contributed by atoms with Crippen LogP contribution in [-0.4, -0.2) is 84.5 Å². The van der Waals surface area contributed by atoms with Crippen molar-refractivity contribution in [1.29, 1.82) is 0 Å². The summed E-state index contributed by atoms with van der Waals surface area (Å²) < 4.78 is 7.07. The van der Waals surface area contributed by atoms with Crippen molar-refractivity contribution < 1.29 is 29.6 Å². The standard InChI is InChI=1S/C21H32N6O6/c1-13(29)6-2-3-7-15(30)22-8-4-5-9-23-19-16-20(25-11-24-19)27(12-26-16)21-18(32)17(31)14(10-28)33-21/h11-12,14,17-18,21,28,31-32H,2-10H2,1H3,(H,22,30)(H,23,24,25)/t14-,17-,18-,21-/m1/s1. The van der Waals surface area contributed by atoms with E-state index in [4.69, 9.17) is 4.74 Å². The number of nitrogens with zero attached hydrogens (tertiary/aromatic N) is 4. The van der Waals surface area contributed by atoms with Crippen molar-refractivity contribution in [2.45, 2.75) is 70.0 Å². The van der Waals surface area contributed by atoms with Crippen molar-refractivity contribution >= 4 is 28.7 Å². The van der Waals surface area contributed by atoms with Crippen molar-refractivity contribution in [2.75, 3.05) is 25.0 Å². The van der Waals surface area contributed by atoms with Crippen molar-refractivity contribution in [3.05, 3.63) is 12.7 Å². The minimum atomic E-state index is -1.23. The lowest BCUT2D eigenvalue weighted by molar-refractivity contribution is -0.121. The Balaban J connectivity index is 1.44. The van der Waals surface area contributed by atoms with Gasteiger partial charge in [0, 0.05) is 25.9 Å². The van der Waals surface area contributed by atoms with Crippen LogP contribution < -0.4 is 10.6 Å². The normalized spacial score (nSPS) is 22.5. The van der Waals surface area contributed by atoms with Gasteiger partial charge in [-0.2, -0.15) is 0 Å². The number of anilines is 1. The van der Waals surface area contributed by atoms with Crippen molar-refractivity contribution in [3.8, 4) is 0 Å². The van der Waals surface area contributed by atoms with E-state index >= 15 is 0 Å². The van der Waals surface area contributed by atoms with E-state index in [1.807, 2.05) is 0 Å². The highest BCUT2D eigenvalue weighted by Crippen LogP contribution is 2.32. The molecule has 0 aromatic carbocycles. The number of carbonyl (C=O) groups is 2. The van der Waals surface area contributed by atoms with Crippen molar-refractivity contribution in [3.63, 3.8) is 0 Å². The van der Waals surface area contributed by atoms with E-state index in [-0.39, 0.29) is 11.7 Å². The summed E-state index contributed by atoms with van der Waals surface area (Å²) in [5.41, 5.74) is 0.925. The zero-order chi connectivity index (χ0) is 23.8. The van der Waals surface area contributed by atoms with Gasteiger partial charge < -0.3 is 35.5 Å². The van der Waals surface area contributed by atoms with Crippen LogP contribution in [0.3, 0.4) is 0 Å². The molecule has 182 valence electrons. The Morgan fingerprint density at radius 1 is 1.06 bits per heavy atom. The first-order valence-electron chi connectivity index (χ1n) is 11.2. The minimum absolute atomic E-state index is 0.000524. The number of hydrogen-bond acceptors (Lipinski definition) is 10. The molecule has 0 radical (unpaired) electrons. The van der Waals surface area contributed by atoms with Gasteiger partial charge in [-0.3, -0.25) is 9.36 Å². The number of aliphatic hydroxyl groups is 3. The van der Waals surface area contributed by atoms with Crippen LogP contribution in [0.5, 0.6) is 0 Å². The van der Waals surface area contributed by atoms with E-state index in [1.165, 1.54) is 17.2 Å². The molecule has 2 aromatic rings. The molecule has 3 rings (SSSR count). The van der Waals surface area contributed by atoms with E-state index < -0.39 is 31.1 Å². The molecule has 1 saturated heterocycles. The summed E-state index contributed by atoms with van der Waals surface area (Å²) in [4.78, 5) is 35.4. The number of unbranched alkanes of at least 4 members (excludes halogenated alkanes) is 2. The van der Waals surface area contributed by atoms with Gasteiger partial charge in [0.2, 0.25) is 5.91 Å². The fraction of sp³-hybridized carbons (Fsp3) is 0.667. The molecule has 2 aromatic heterocycles. The number of imidazole rings is 1. The summed E-state index contributed by atoms with van der Waals surface area (Å²) in [6, 6.07) is 0. The summed E-state index contributed by atoms with van der Waals surface area (Å²) >= 11 is 0. The number of aromatic nitrogens is 4. The lowest BCUT2D eigenvalue weighted by Gasteiger charge is -2.16. The summed E-state index contributed by atoms with van der Waals surface area (Å²) in [6.45, 7) is 2.33. The number of amides is 1. The Labute approximate surface area is 191 Å². The molecule has 12 heteroatoms. The predicted octanol–water partition coefficient (Wildman–Crippen LogP) is -0.104. The van der Waals surface area contributed by atoms with Crippen LogP contribution in [0.2, 0.25) is 0 Å². The first kappa shape index (κ1) is 25.0. The number of nitrogens with one attached hydrogen (secondary N) is 2. The van der Waals surface area contributed by atoms with Gasteiger partial charge in [-0.25, -0.2) is 15.0 Å². The third kappa shape index (κ3) is 6.44. The fourth-order valence-corrected chi connectivity index (χ4v) is 3.71. The van der Waals surface area contributed by atoms with Crippen LogP contribution in [0.25, 0.3) is 11.2 Å². The van der Waals surface area contributed by atoms with E-state index in [1.54, 1.807) is 6.92 Å². The van der Waals surface area contributed by atoms with E-state index in [0.29, 0.717) is 49.3 Å². The van der Waals surface area contributed by atoms with Crippen LogP contribution in [0.4, 0.5) is 5.82 Å². The zero-order valence-corrected chi connectivity index (χ0v) is 18.7. The van der Waals surface area contributed by atoms with E-state index in [0.717, 1.165) is 19.3 Å². The molecule has 4 atom stereocenters. The Bertz CT molecular complexity index is 937. The van der Waals surface area contributed by atoms with Crippen LogP contribution in [0.15, 0.2) is 12.7 Å². The SMILES string of the molecule is CC(=O)CCCCC(=O)NCCCCNc1ncnc2c1ncn2[C@@H]1O[C@H](CO)[C@@H](O)[C@H]1O. The molecule has 0 bridgehead atoms. The third-order valence-corrected chi connectivity index (χ3v) is 5.55. The third-order valence-electron chi connectivity index (χ3n) is 5.55. The number of rotatable bonds is 13. The highest BCUT2D eigenvalue weighted by atomic mass is 16.6. The molecule has 12 nitrogen and oxygen atoms in total. The van der Waals surface area contributed by atoms with Crippen LogP contribution in [0, 0.1) is 0 Å². The first-order chi connectivity index (χ1) is 15.9. The Morgan fingerprint density at radius 2 is 1.82 bits per heavy atom. The summed E-state index contributed by atoms with van der Waals surface area (Å²) in [5, 5.41) is 35.6. The highest BCUT2D eigenvalue weighted by Gasteiger charge is 2.44.